The van der Waals surface area contributed by atoms with Crippen molar-refractivity contribution in [2.75, 3.05) is 18.0 Å². The fourth-order valence-electron chi connectivity index (χ4n) is 2.99. The minimum absolute atomic E-state index is 0.583. The van der Waals surface area contributed by atoms with Gasteiger partial charge in [0.15, 0.2) is 0 Å². The van der Waals surface area contributed by atoms with Crippen LogP contribution in [0.4, 0.5) is 5.69 Å². The van der Waals surface area contributed by atoms with Crippen LogP contribution >= 0.6 is 0 Å². The summed E-state index contributed by atoms with van der Waals surface area (Å²) in [6.07, 6.45) is 2.43. The Morgan fingerprint density at radius 2 is 2.00 bits per heavy atom. The van der Waals surface area contributed by atoms with E-state index in [1.165, 1.54) is 30.6 Å². The van der Waals surface area contributed by atoms with Crippen molar-refractivity contribution < 1.29 is 0 Å². The monoisotopic (exact) mass is 260 g/mol. The number of hydrogen-bond donors (Lipinski definition) is 1. The molecule has 19 heavy (non-hydrogen) atoms. The van der Waals surface area contributed by atoms with Crippen molar-refractivity contribution in [1.29, 1.82) is 0 Å². The highest BCUT2D eigenvalue weighted by Crippen LogP contribution is 2.31. The van der Waals surface area contributed by atoms with Crippen molar-refractivity contribution >= 4 is 5.69 Å². The fourth-order valence-corrected chi connectivity index (χ4v) is 2.99. The maximum absolute atomic E-state index is 3.52. The van der Waals surface area contributed by atoms with E-state index in [0.717, 1.165) is 12.5 Å². The smallest absolute Gasteiger partial charge is 0.0401 e. The summed E-state index contributed by atoms with van der Waals surface area (Å²) in [7, 11) is 0. The van der Waals surface area contributed by atoms with Crippen molar-refractivity contribution in [3.05, 3.63) is 29.8 Å². The Bertz CT molecular complexity index is 400. The molecule has 0 radical (unpaired) electrons. The molecule has 0 aliphatic carbocycles. The number of nitrogens with one attached hydrogen (secondary N) is 1. The largest absolute Gasteiger partial charge is 0.368 e. The van der Waals surface area contributed by atoms with Crippen LogP contribution in [-0.2, 0) is 6.42 Å². The molecule has 2 unspecified atom stereocenters. The minimum atomic E-state index is 0.583. The van der Waals surface area contributed by atoms with Gasteiger partial charge in [0.05, 0.1) is 0 Å². The van der Waals surface area contributed by atoms with Gasteiger partial charge in [-0.25, -0.2) is 0 Å². The van der Waals surface area contributed by atoms with Crippen LogP contribution in [0.2, 0.25) is 0 Å². The predicted octanol–water partition coefficient (Wildman–Crippen LogP) is 3.46. The Balaban J connectivity index is 2.03. The second-order valence-electron chi connectivity index (χ2n) is 6.34. The van der Waals surface area contributed by atoms with Gasteiger partial charge in [-0.2, -0.15) is 0 Å². The molecule has 0 saturated carbocycles. The van der Waals surface area contributed by atoms with E-state index in [2.05, 4.69) is 62.2 Å². The topological polar surface area (TPSA) is 15.3 Å². The number of anilines is 1. The molecule has 0 fully saturated rings. The van der Waals surface area contributed by atoms with Crippen molar-refractivity contribution in [2.45, 2.75) is 52.6 Å². The summed E-state index contributed by atoms with van der Waals surface area (Å²) in [4.78, 5) is 2.60. The van der Waals surface area contributed by atoms with Crippen LogP contribution in [0.15, 0.2) is 24.3 Å². The van der Waals surface area contributed by atoms with Crippen molar-refractivity contribution in [3.63, 3.8) is 0 Å². The molecule has 0 aromatic heterocycles. The standard InChI is InChI=1S/C17H28N2/c1-13(2)18-10-9-15(4)19-12-14(3)11-16-7-5-6-8-17(16)19/h5-8,13-15,18H,9-12H2,1-4H3. The van der Waals surface area contributed by atoms with Crippen LogP contribution < -0.4 is 10.2 Å². The van der Waals surface area contributed by atoms with E-state index in [1.807, 2.05) is 0 Å². The second kappa shape index (κ2) is 6.42. The lowest BCUT2D eigenvalue weighted by atomic mass is 9.92. The van der Waals surface area contributed by atoms with E-state index in [-0.39, 0.29) is 0 Å². The Hall–Kier alpha value is -1.02. The molecule has 1 aliphatic rings. The summed E-state index contributed by atoms with van der Waals surface area (Å²) < 4.78 is 0. The number of nitrogens with zero attached hydrogens (tertiary/aromatic N) is 1. The lowest BCUT2D eigenvalue weighted by Crippen LogP contribution is -2.42. The first-order chi connectivity index (χ1) is 9.08. The first kappa shape index (κ1) is 14.4. The molecule has 1 heterocycles. The second-order valence-corrected chi connectivity index (χ2v) is 6.34. The van der Waals surface area contributed by atoms with Crippen LogP contribution in [0.3, 0.4) is 0 Å². The molecule has 2 atom stereocenters. The Morgan fingerprint density at radius 1 is 1.26 bits per heavy atom. The van der Waals surface area contributed by atoms with Crippen molar-refractivity contribution in [1.82, 2.24) is 5.32 Å². The lowest BCUT2D eigenvalue weighted by Gasteiger charge is -2.39. The first-order valence-electron chi connectivity index (χ1n) is 7.66. The highest BCUT2D eigenvalue weighted by Gasteiger charge is 2.24. The van der Waals surface area contributed by atoms with Gasteiger partial charge in [-0.05, 0) is 43.9 Å². The molecule has 0 bridgehead atoms. The zero-order valence-electron chi connectivity index (χ0n) is 12.8. The van der Waals surface area contributed by atoms with Crippen LogP contribution in [0.1, 0.15) is 39.7 Å². The maximum atomic E-state index is 3.52. The molecular weight excluding hydrogens is 232 g/mol. The fraction of sp³-hybridized carbons (Fsp3) is 0.647. The van der Waals surface area contributed by atoms with Crippen LogP contribution in [0, 0.1) is 5.92 Å². The molecular formula is C17H28N2. The van der Waals surface area contributed by atoms with Gasteiger partial charge in [0.2, 0.25) is 0 Å². The van der Waals surface area contributed by atoms with E-state index >= 15 is 0 Å². The highest BCUT2D eigenvalue weighted by molar-refractivity contribution is 5.56. The Labute approximate surface area is 118 Å². The predicted molar refractivity (Wildman–Crippen MR) is 83.9 cm³/mol. The number of hydrogen-bond acceptors (Lipinski definition) is 2. The summed E-state index contributed by atoms with van der Waals surface area (Å²) in [6, 6.07) is 10.1. The SMILES string of the molecule is CC1Cc2ccccc2N(C(C)CCNC(C)C)C1. The Morgan fingerprint density at radius 3 is 2.74 bits per heavy atom. The van der Waals surface area contributed by atoms with Gasteiger partial charge in [-0.1, -0.05) is 39.0 Å². The quantitative estimate of drug-likeness (QED) is 0.872. The normalized spacial score (nSPS) is 20.5. The molecule has 1 aromatic carbocycles. The van der Waals surface area contributed by atoms with Crippen molar-refractivity contribution in [2.24, 2.45) is 5.92 Å². The zero-order chi connectivity index (χ0) is 13.8. The van der Waals surface area contributed by atoms with Gasteiger partial charge >= 0.3 is 0 Å². The summed E-state index contributed by atoms with van der Waals surface area (Å²) in [5, 5.41) is 3.52. The number of fused-ring (bicyclic) bond motifs is 1. The average Bonchev–Trinajstić information content (AvgIpc) is 2.37. The lowest BCUT2D eigenvalue weighted by molar-refractivity contribution is 0.462. The minimum Gasteiger partial charge on any atom is -0.368 e. The van der Waals surface area contributed by atoms with Gasteiger partial charge in [-0.15, -0.1) is 0 Å². The third kappa shape index (κ3) is 3.73. The summed E-state index contributed by atoms with van der Waals surface area (Å²) >= 11 is 0. The van der Waals surface area contributed by atoms with E-state index in [9.17, 15) is 0 Å². The molecule has 1 aliphatic heterocycles. The molecule has 2 heteroatoms. The molecule has 106 valence electrons. The molecule has 1 aromatic rings. The van der Waals surface area contributed by atoms with Crippen LogP contribution in [-0.4, -0.2) is 25.2 Å². The third-order valence-corrected chi connectivity index (χ3v) is 4.02. The van der Waals surface area contributed by atoms with Gasteiger partial charge in [0.1, 0.15) is 0 Å². The van der Waals surface area contributed by atoms with E-state index in [0.29, 0.717) is 12.1 Å². The average molecular weight is 260 g/mol. The first-order valence-corrected chi connectivity index (χ1v) is 7.66. The molecule has 2 nitrogen and oxygen atoms in total. The molecule has 1 N–H and O–H groups in total. The third-order valence-electron chi connectivity index (χ3n) is 4.02. The summed E-state index contributed by atoms with van der Waals surface area (Å²) in [5.41, 5.74) is 2.97. The molecule has 0 amide bonds. The van der Waals surface area contributed by atoms with Gasteiger partial charge < -0.3 is 10.2 Å². The number of rotatable bonds is 5. The molecule has 0 spiro atoms. The summed E-state index contributed by atoms with van der Waals surface area (Å²) in [6.45, 7) is 11.4. The highest BCUT2D eigenvalue weighted by atomic mass is 15.2. The Kier molecular flexibility index (Phi) is 4.87. The van der Waals surface area contributed by atoms with Crippen LogP contribution in [0.25, 0.3) is 0 Å². The molecule has 0 saturated heterocycles. The van der Waals surface area contributed by atoms with E-state index in [1.54, 1.807) is 0 Å². The van der Waals surface area contributed by atoms with Gasteiger partial charge in [0, 0.05) is 24.3 Å². The van der Waals surface area contributed by atoms with Gasteiger partial charge in [0.25, 0.3) is 0 Å². The van der Waals surface area contributed by atoms with E-state index < -0.39 is 0 Å². The van der Waals surface area contributed by atoms with Gasteiger partial charge in [-0.3, -0.25) is 0 Å². The molecule has 2 rings (SSSR count). The van der Waals surface area contributed by atoms with Crippen molar-refractivity contribution in [3.8, 4) is 0 Å². The zero-order valence-corrected chi connectivity index (χ0v) is 12.8. The number of para-hydroxylation sites is 1. The van der Waals surface area contributed by atoms with E-state index in [4.69, 9.17) is 0 Å². The summed E-state index contributed by atoms with van der Waals surface area (Å²) in [5.74, 6) is 0.760. The van der Waals surface area contributed by atoms with Crippen LogP contribution in [0.5, 0.6) is 0 Å². The maximum Gasteiger partial charge on any atom is 0.0401 e. The number of benzene rings is 1.